The molecule has 0 aliphatic carbocycles. The molecule has 0 bridgehead atoms. The summed E-state index contributed by atoms with van der Waals surface area (Å²) < 4.78 is 0. The number of hydrogen-bond acceptors (Lipinski definition) is 0. The van der Waals surface area contributed by atoms with Gasteiger partial charge in [0.1, 0.15) is 0 Å². The quantitative estimate of drug-likeness (QED) is 0.528. The van der Waals surface area contributed by atoms with Gasteiger partial charge in [-0.05, 0) is 24.2 Å². The maximum atomic E-state index is 2.40. The SMILES string of the molecule is CCCCC(CC)CC(C)C(C)C. The molecule has 80 valence electrons. The summed E-state index contributed by atoms with van der Waals surface area (Å²) in [4.78, 5) is 0. The summed E-state index contributed by atoms with van der Waals surface area (Å²) in [5.41, 5.74) is 0. The summed E-state index contributed by atoms with van der Waals surface area (Å²) >= 11 is 0. The molecule has 0 aromatic carbocycles. The zero-order chi connectivity index (χ0) is 10.3. The monoisotopic (exact) mass is 184 g/mol. The second kappa shape index (κ2) is 7.41. The average molecular weight is 184 g/mol. The van der Waals surface area contributed by atoms with Crippen molar-refractivity contribution in [2.24, 2.45) is 17.8 Å². The molecular weight excluding hydrogens is 156 g/mol. The van der Waals surface area contributed by atoms with Gasteiger partial charge in [0.15, 0.2) is 0 Å². The van der Waals surface area contributed by atoms with Gasteiger partial charge in [0.2, 0.25) is 0 Å². The lowest BCUT2D eigenvalue weighted by Gasteiger charge is -2.22. The molecule has 0 fully saturated rings. The highest BCUT2D eigenvalue weighted by atomic mass is 14.2. The van der Waals surface area contributed by atoms with Crippen LogP contribution in [-0.4, -0.2) is 0 Å². The molecule has 0 rings (SSSR count). The minimum atomic E-state index is 0.857. The third kappa shape index (κ3) is 6.12. The van der Waals surface area contributed by atoms with Crippen LogP contribution in [0.15, 0.2) is 0 Å². The minimum Gasteiger partial charge on any atom is -0.0654 e. The van der Waals surface area contributed by atoms with Crippen molar-refractivity contribution in [2.45, 2.75) is 66.7 Å². The standard InChI is InChI=1S/C13H28/c1-6-8-9-13(7-2)10-12(5)11(3)4/h11-13H,6-10H2,1-5H3. The van der Waals surface area contributed by atoms with E-state index in [2.05, 4.69) is 34.6 Å². The van der Waals surface area contributed by atoms with E-state index in [9.17, 15) is 0 Å². The second-order valence-electron chi connectivity index (χ2n) is 4.87. The van der Waals surface area contributed by atoms with E-state index in [1.165, 1.54) is 32.1 Å². The maximum Gasteiger partial charge on any atom is -0.0414 e. The van der Waals surface area contributed by atoms with Crippen molar-refractivity contribution in [3.05, 3.63) is 0 Å². The Morgan fingerprint density at radius 2 is 1.62 bits per heavy atom. The second-order valence-corrected chi connectivity index (χ2v) is 4.87. The highest BCUT2D eigenvalue weighted by Gasteiger charge is 2.13. The summed E-state index contributed by atoms with van der Waals surface area (Å²) in [6, 6.07) is 0. The predicted octanol–water partition coefficient (Wildman–Crippen LogP) is 4.89. The fourth-order valence-corrected chi connectivity index (χ4v) is 1.78. The van der Waals surface area contributed by atoms with Crippen molar-refractivity contribution in [3.63, 3.8) is 0 Å². The van der Waals surface area contributed by atoms with E-state index >= 15 is 0 Å². The lowest BCUT2D eigenvalue weighted by atomic mass is 9.84. The first-order valence-corrected chi connectivity index (χ1v) is 6.11. The van der Waals surface area contributed by atoms with Crippen LogP contribution in [0.1, 0.15) is 66.7 Å². The van der Waals surface area contributed by atoms with Gasteiger partial charge < -0.3 is 0 Å². The minimum absolute atomic E-state index is 0.857. The van der Waals surface area contributed by atoms with E-state index < -0.39 is 0 Å². The molecule has 0 nitrogen and oxygen atoms in total. The largest absolute Gasteiger partial charge is 0.0654 e. The van der Waals surface area contributed by atoms with Crippen LogP contribution in [0.5, 0.6) is 0 Å². The number of rotatable bonds is 7. The molecule has 0 radical (unpaired) electrons. The predicted molar refractivity (Wildman–Crippen MR) is 61.9 cm³/mol. The molecule has 13 heavy (non-hydrogen) atoms. The first-order chi connectivity index (χ1) is 6.11. The van der Waals surface area contributed by atoms with Gasteiger partial charge in [-0.25, -0.2) is 0 Å². The van der Waals surface area contributed by atoms with Crippen molar-refractivity contribution < 1.29 is 0 Å². The first kappa shape index (κ1) is 13.0. The number of hydrogen-bond donors (Lipinski definition) is 0. The van der Waals surface area contributed by atoms with Crippen LogP contribution >= 0.6 is 0 Å². The Bertz CT molecular complexity index is 105. The Labute approximate surface area is 85.1 Å². The summed E-state index contributed by atoms with van der Waals surface area (Å²) in [7, 11) is 0. The molecule has 0 heterocycles. The molecule has 0 saturated carbocycles. The van der Waals surface area contributed by atoms with Crippen LogP contribution in [-0.2, 0) is 0 Å². The molecule has 0 amide bonds. The van der Waals surface area contributed by atoms with Crippen LogP contribution in [0, 0.1) is 17.8 Å². The van der Waals surface area contributed by atoms with Crippen molar-refractivity contribution in [3.8, 4) is 0 Å². The third-order valence-corrected chi connectivity index (χ3v) is 3.39. The summed E-state index contributed by atoms with van der Waals surface area (Å²) in [6.07, 6.45) is 7.03. The Morgan fingerprint density at radius 1 is 1.00 bits per heavy atom. The maximum absolute atomic E-state index is 2.40. The van der Waals surface area contributed by atoms with Gasteiger partial charge in [-0.3, -0.25) is 0 Å². The molecule has 0 aromatic rings. The fraction of sp³-hybridized carbons (Fsp3) is 1.00. The van der Waals surface area contributed by atoms with Crippen molar-refractivity contribution in [1.29, 1.82) is 0 Å². The lowest BCUT2D eigenvalue weighted by Crippen LogP contribution is -2.10. The zero-order valence-electron chi connectivity index (χ0n) is 10.3. The van der Waals surface area contributed by atoms with E-state index in [0.29, 0.717) is 0 Å². The van der Waals surface area contributed by atoms with Crippen LogP contribution in [0.4, 0.5) is 0 Å². The molecular formula is C13H28. The number of unbranched alkanes of at least 4 members (excludes halogenated alkanes) is 1. The van der Waals surface area contributed by atoms with Crippen LogP contribution in [0.3, 0.4) is 0 Å². The molecule has 0 aliphatic rings. The Morgan fingerprint density at radius 3 is 2.00 bits per heavy atom. The van der Waals surface area contributed by atoms with Gasteiger partial charge in [0.25, 0.3) is 0 Å². The molecule has 2 unspecified atom stereocenters. The van der Waals surface area contributed by atoms with Crippen molar-refractivity contribution >= 4 is 0 Å². The van der Waals surface area contributed by atoms with E-state index in [4.69, 9.17) is 0 Å². The molecule has 0 saturated heterocycles. The van der Waals surface area contributed by atoms with E-state index in [1.807, 2.05) is 0 Å². The van der Waals surface area contributed by atoms with Crippen LogP contribution in [0.25, 0.3) is 0 Å². The smallest absolute Gasteiger partial charge is 0.0414 e. The summed E-state index contributed by atoms with van der Waals surface area (Å²) in [5.74, 6) is 2.75. The summed E-state index contributed by atoms with van der Waals surface area (Å²) in [5, 5.41) is 0. The van der Waals surface area contributed by atoms with E-state index in [0.717, 1.165) is 17.8 Å². The summed E-state index contributed by atoms with van der Waals surface area (Å²) in [6.45, 7) is 11.7. The first-order valence-electron chi connectivity index (χ1n) is 6.11. The van der Waals surface area contributed by atoms with Crippen molar-refractivity contribution in [1.82, 2.24) is 0 Å². The highest BCUT2D eigenvalue weighted by molar-refractivity contribution is 4.64. The molecule has 2 atom stereocenters. The van der Waals surface area contributed by atoms with Crippen LogP contribution < -0.4 is 0 Å². The Kier molecular flexibility index (Phi) is 7.41. The molecule has 0 heteroatoms. The van der Waals surface area contributed by atoms with Gasteiger partial charge in [-0.15, -0.1) is 0 Å². The van der Waals surface area contributed by atoms with Crippen LogP contribution in [0.2, 0.25) is 0 Å². The average Bonchev–Trinajstić information content (AvgIpc) is 2.11. The zero-order valence-corrected chi connectivity index (χ0v) is 10.3. The topological polar surface area (TPSA) is 0 Å². The van der Waals surface area contributed by atoms with Gasteiger partial charge in [0, 0.05) is 0 Å². The molecule has 0 spiro atoms. The molecule has 0 aromatic heterocycles. The van der Waals surface area contributed by atoms with Gasteiger partial charge in [-0.1, -0.05) is 60.3 Å². The van der Waals surface area contributed by atoms with Gasteiger partial charge in [-0.2, -0.15) is 0 Å². The van der Waals surface area contributed by atoms with Crippen molar-refractivity contribution in [2.75, 3.05) is 0 Å². The third-order valence-electron chi connectivity index (χ3n) is 3.39. The molecule has 0 N–H and O–H groups in total. The highest BCUT2D eigenvalue weighted by Crippen LogP contribution is 2.25. The van der Waals surface area contributed by atoms with Gasteiger partial charge >= 0.3 is 0 Å². The van der Waals surface area contributed by atoms with E-state index in [1.54, 1.807) is 0 Å². The fourth-order valence-electron chi connectivity index (χ4n) is 1.78. The van der Waals surface area contributed by atoms with Gasteiger partial charge in [0.05, 0.1) is 0 Å². The normalized spacial score (nSPS) is 16.2. The Hall–Kier alpha value is 0. The Balaban J connectivity index is 3.69. The molecule has 0 aliphatic heterocycles. The lowest BCUT2D eigenvalue weighted by molar-refractivity contribution is 0.297. The van der Waals surface area contributed by atoms with E-state index in [-0.39, 0.29) is 0 Å².